The molecule has 3 unspecified atom stereocenters. The van der Waals surface area contributed by atoms with Crippen molar-refractivity contribution in [1.29, 1.82) is 0 Å². The quantitative estimate of drug-likeness (QED) is 0.739. The largest absolute Gasteiger partial charge is 0.388 e. The molecule has 1 saturated heterocycles. The van der Waals surface area contributed by atoms with Crippen molar-refractivity contribution >= 4 is 0 Å². The summed E-state index contributed by atoms with van der Waals surface area (Å²) in [5, 5.41) is 10.5. The van der Waals surface area contributed by atoms with Crippen molar-refractivity contribution in [1.82, 2.24) is 9.80 Å². The van der Waals surface area contributed by atoms with Crippen LogP contribution in [0.5, 0.6) is 0 Å². The molecule has 1 heterocycles. The Balaban J connectivity index is 1.73. The van der Waals surface area contributed by atoms with Crippen LogP contribution >= 0.6 is 0 Å². The first-order chi connectivity index (χ1) is 9.59. The Morgan fingerprint density at radius 1 is 1.35 bits per heavy atom. The third kappa shape index (κ3) is 3.73. The molecule has 1 aliphatic carbocycles. The van der Waals surface area contributed by atoms with Crippen molar-refractivity contribution in [3.8, 4) is 0 Å². The van der Waals surface area contributed by atoms with Gasteiger partial charge in [-0.05, 0) is 64.7 Å². The van der Waals surface area contributed by atoms with Crippen molar-refractivity contribution in [3.63, 3.8) is 0 Å². The monoisotopic (exact) mass is 283 g/mol. The fourth-order valence-electron chi connectivity index (χ4n) is 4.15. The first-order valence-corrected chi connectivity index (χ1v) is 8.44. The molecule has 0 aromatic carbocycles. The molecule has 2 aliphatic rings. The van der Waals surface area contributed by atoms with Crippen LogP contribution in [0.25, 0.3) is 0 Å². The van der Waals surface area contributed by atoms with Gasteiger partial charge < -0.3 is 15.7 Å². The van der Waals surface area contributed by atoms with Crippen molar-refractivity contribution in [3.05, 3.63) is 0 Å². The van der Waals surface area contributed by atoms with Crippen molar-refractivity contribution in [2.24, 2.45) is 11.7 Å². The molecule has 3 atom stereocenters. The van der Waals surface area contributed by atoms with E-state index in [2.05, 4.69) is 23.8 Å². The standard InChI is InChI=1S/C16H33N3O/c1-3-19-10-5-7-15(19)12-18(2)11-8-14-6-4-9-16(14,20)13-17/h14-15,20H,3-13,17H2,1-2H3. The Hall–Kier alpha value is -0.160. The van der Waals surface area contributed by atoms with Crippen molar-refractivity contribution < 1.29 is 5.11 Å². The van der Waals surface area contributed by atoms with E-state index in [9.17, 15) is 5.11 Å². The van der Waals surface area contributed by atoms with E-state index in [1.54, 1.807) is 0 Å². The van der Waals surface area contributed by atoms with Crippen molar-refractivity contribution in [2.45, 2.75) is 57.1 Å². The van der Waals surface area contributed by atoms with Gasteiger partial charge in [-0.3, -0.25) is 4.90 Å². The maximum atomic E-state index is 10.5. The summed E-state index contributed by atoms with van der Waals surface area (Å²) in [5.74, 6) is 0.404. The number of rotatable bonds is 7. The molecule has 20 heavy (non-hydrogen) atoms. The molecule has 0 aromatic heterocycles. The second-order valence-corrected chi connectivity index (χ2v) is 6.87. The van der Waals surface area contributed by atoms with Gasteiger partial charge in [0.2, 0.25) is 0 Å². The van der Waals surface area contributed by atoms with Crippen LogP contribution in [0.15, 0.2) is 0 Å². The molecule has 1 aliphatic heterocycles. The van der Waals surface area contributed by atoms with Crippen LogP contribution in [0.1, 0.15) is 45.4 Å². The Morgan fingerprint density at radius 2 is 2.15 bits per heavy atom. The predicted molar refractivity (Wildman–Crippen MR) is 83.7 cm³/mol. The number of likely N-dealkylation sites (N-methyl/N-ethyl adjacent to an activating group) is 2. The molecule has 1 saturated carbocycles. The van der Waals surface area contributed by atoms with Gasteiger partial charge in [0.1, 0.15) is 0 Å². The second-order valence-electron chi connectivity index (χ2n) is 6.87. The first-order valence-electron chi connectivity index (χ1n) is 8.44. The van der Waals surface area contributed by atoms with Gasteiger partial charge in [-0.1, -0.05) is 13.3 Å². The number of nitrogens with two attached hydrogens (primary N) is 1. The van der Waals surface area contributed by atoms with E-state index in [0.717, 1.165) is 38.3 Å². The van der Waals surface area contributed by atoms with E-state index in [4.69, 9.17) is 5.73 Å². The zero-order valence-corrected chi connectivity index (χ0v) is 13.4. The average Bonchev–Trinajstić information content (AvgIpc) is 3.03. The lowest BCUT2D eigenvalue weighted by atomic mass is 9.88. The summed E-state index contributed by atoms with van der Waals surface area (Å²) >= 11 is 0. The molecule has 0 aromatic rings. The predicted octanol–water partition coefficient (Wildman–Crippen LogP) is 1.28. The normalized spacial score (nSPS) is 35.2. The van der Waals surface area contributed by atoms with E-state index in [1.165, 1.54) is 32.5 Å². The van der Waals surface area contributed by atoms with E-state index < -0.39 is 5.60 Å². The fraction of sp³-hybridized carbons (Fsp3) is 1.00. The molecule has 3 N–H and O–H groups in total. The maximum Gasteiger partial charge on any atom is 0.0797 e. The van der Waals surface area contributed by atoms with Gasteiger partial charge in [0, 0.05) is 19.1 Å². The molecular formula is C16H33N3O. The van der Waals surface area contributed by atoms with Crippen LogP contribution in [0.2, 0.25) is 0 Å². The topological polar surface area (TPSA) is 52.7 Å². The summed E-state index contributed by atoms with van der Waals surface area (Å²) in [4.78, 5) is 5.05. The fourth-order valence-corrected chi connectivity index (χ4v) is 4.15. The zero-order valence-electron chi connectivity index (χ0n) is 13.4. The van der Waals surface area contributed by atoms with Gasteiger partial charge in [-0.15, -0.1) is 0 Å². The molecule has 2 fully saturated rings. The van der Waals surface area contributed by atoms with Gasteiger partial charge in [-0.25, -0.2) is 0 Å². The van der Waals surface area contributed by atoms with Crippen LogP contribution < -0.4 is 5.73 Å². The Bertz CT molecular complexity index is 299. The van der Waals surface area contributed by atoms with Crippen LogP contribution in [-0.2, 0) is 0 Å². The summed E-state index contributed by atoms with van der Waals surface area (Å²) in [6.07, 6.45) is 6.95. The Kier molecular flexibility index (Phi) is 5.84. The highest BCUT2D eigenvalue weighted by molar-refractivity contribution is 4.93. The minimum absolute atomic E-state index is 0.404. The summed E-state index contributed by atoms with van der Waals surface area (Å²) in [5.41, 5.74) is 5.18. The first kappa shape index (κ1) is 16.2. The van der Waals surface area contributed by atoms with Gasteiger partial charge in [-0.2, -0.15) is 0 Å². The lowest BCUT2D eigenvalue weighted by Gasteiger charge is -2.32. The summed E-state index contributed by atoms with van der Waals surface area (Å²) < 4.78 is 0. The highest BCUT2D eigenvalue weighted by Crippen LogP contribution is 2.37. The highest BCUT2D eigenvalue weighted by Gasteiger charge is 2.39. The van der Waals surface area contributed by atoms with Gasteiger partial charge >= 0.3 is 0 Å². The minimum atomic E-state index is -0.580. The zero-order chi connectivity index (χ0) is 14.6. The molecule has 0 radical (unpaired) electrons. The van der Waals surface area contributed by atoms with Crippen molar-refractivity contribution in [2.75, 3.05) is 39.8 Å². The molecule has 0 amide bonds. The highest BCUT2D eigenvalue weighted by atomic mass is 16.3. The van der Waals surface area contributed by atoms with Crippen LogP contribution in [0.3, 0.4) is 0 Å². The summed E-state index contributed by atoms with van der Waals surface area (Å²) in [6.45, 7) is 7.38. The molecular weight excluding hydrogens is 250 g/mol. The number of likely N-dealkylation sites (tertiary alicyclic amines) is 1. The van der Waals surface area contributed by atoms with E-state index >= 15 is 0 Å². The number of hydrogen-bond acceptors (Lipinski definition) is 4. The van der Waals surface area contributed by atoms with E-state index in [-0.39, 0.29) is 0 Å². The van der Waals surface area contributed by atoms with Crippen LogP contribution in [0, 0.1) is 5.92 Å². The molecule has 0 spiro atoms. The SMILES string of the molecule is CCN1CCCC1CN(C)CCC1CCCC1(O)CN. The average molecular weight is 283 g/mol. The molecule has 0 bridgehead atoms. The Morgan fingerprint density at radius 3 is 2.85 bits per heavy atom. The molecule has 2 rings (SSSR count). The van der Waals surface area contributed by atoms with Crippen LogP contribution in [0.4, 0.5) is 0 Å². The summed E-state index contributed by atoms with van der Waals surface area (Å²) in [6, 6.07) is 0.738. The number of aliphatic hydroxyl groups is 1. The second kappa shape index (κ2) is 7.21. The number of nitrogens with zero attached hydrogens (tertiary/aromatic N) is 2. The third-order valence-corrected chi connectivity index (χ3v) is 5.56. The van der Waals surface area contributed by atoms with E-state index in [0.29, 0.717) is 12.5 Å². The minimum Gasteiger partial charge on any atom is -0.388 e. The van der Waals surface area contributed by atoms with Gasteiger partial charge in [0.25, 0.3) is 0 Å². The maximum absolute atomic E-state index is 10.5. The summed E-state index contributed by atoms with van der Waals surface area (Å²) in [7, 11) is 2.22. The van der Waals surface area contributed by atoms with Crippen LogP contribution in [-0.4, -0.2) is 66.3 Å². The molecule has 4 heteroatoms. The number of hydrogen-bond donors (Lipinski definition) is 2. The smallest absolute Gasteiger partial charge is 0.0797 e. The molecule has 4 nitrogen and oxygen atoms in total. The lowest BCUT2D eigenvalue weighted by molar-refractivity contribution is 0.00482. The molecule has 118 valence electrons. The lowest BCUT2D eigenvalue weighted by Crippen LogP contribution is -2.43. The Labute approximate surface area is 124 Å². The third-order valence-electron chi connectivity index (χ3n) is 5.56. The van der Waals surface area contributed by atoms with Gasteiger partial charge in [0.05, 0.1) is 5.60 Å². The van der Waals surface area contributed by atoms with Gasteiger partial charge in [0.15, 0.2) is 0 Å². The van der Waals surface area contributed by atoms with E-state index in [1.807, 2.05) is 0 Å².